The van der Waals surface area contributed by atoms with E-state index in [0.29, 0.717) is 0 Å². The van der Waals surface area contributed by atoms with Crippen LogP contribution in [0.4, 0.5) is 8.78 Å². The number of aromatic nitrogens is 1. The third kappa shape index (κ3) is 3.24. The number of H-pyrrole nitrogens is 1. The number of carboxylic acid groups (broad SMARTS) is 1. The summed E-state index contributed by atoms with van der Waals surface area (Å²) in [5, 5.41) is 11.8. The Bertz CT molecular complexity index is 725. The maximum absolute atomic E-state index is 12.3. The van der Waals surface area contributed by atoms with Gasteiger partial charge in [-0.15, -0.1) is 0 Å². The lowest BCUT2D eigenvalue weighted by molar-refractivity contribution is -0.140. The molecule has 1 aromatic heterocycles. The normalized spacial score (nSPS) is 12.6. The van der Waals surface area contributed by atoms with E-state index in [1.807, 2.05) is 26.0 Å². The molecule has 7 heteroatoms. The van der Waals surface area contributed by atoms with Gasteiger partial charge in [0.05, 0.1) is 0 Å². The molecule has 0 fully saturated rings. The Hall–Kier alpha value is -2.44. The molecule has 118 valence electrons. The molecule has 1 unspecified atom stereocenters. The van der Waals surface area contributed by atoms with E-state index in [0.717, 1.165) is 22.0 Å². The summed E-state index contributed by atoms with van der Waals surface area (Å²) in [6, 6.07) is 3.67. The van der Waals surface area contributed by atoms with Gasteiger partial charge in [-0.2, -0.15) is 0 Å². The zero-order valence-electron chi connectivity index (χ0n) is 12.1. The largest absolute Gasteiger partial charge is 0.480 e. The first kappa shape index (κ1) is 15.9. The van der Waals surface area contributed by atoms with Gasteiger partial charge in [0, 0.05) is 17.3 Å². The molecule has 2 aromatic rings. The molecule has 5 nitrogen and oxygen atoms in total. The SMILES string of the molecule is Cc1ccc2[nH]c(C(=O)NC(CC(F)F)C(=O)O)cc2c1C. The summed E-state index contributed by atoms with van der Waals surface area (Å²) in [6.45, 7) is 3.84. The van der Waals surface area contributed by atoms with E-state index in [1.54, 1.807) is 6.07 Å². The van der Waals surface area contributed by atoms with Gasteiger partial charge in [-0.3, -0.25) is 4.79 Å². The molecular formula is C15H16F2N2O3. The molecule has 0 saturated carbocycles. The fourth-order valence-corrected chi connectivity index (χ4v) is 2.22. The maximum Gasteiger partial charge on any atom is 0.326 e. The number of carboxylic acids is 1. The third-order valence-corrected chi connectivity index (χ3v) is 3.61. The van der Waals surface area contributed by atoms with Crippen LogP contribution in [-0.4, -0.2) is 34.4 Å². The molecule has 0 bridgehead atoms. The van der Waals surface area contributed by atoms with Gasteiger partial charge in [-0.1, -0.05) is 6.07 Å². The number of hydrogen-bond acceptors (Lipinski definition) is 2. The highest BCUT2D eigenvalue weighted by molar-refractivity contribution is 6.00. The van der Waals surface area contributed by atoms with Gasteiger partial charge in [-0.05, 0) is 37.1 Å². The smallest absolute Gasteiger partial charge is 0.326 e. The molecule has 0 aliphatic carbocycles. The number of aromatic amines is 1. The number of amides is 1. The number of halogens is 2. The van der Waals surface area contributed by atoms with Crippen LogP contribution in [0.3, 0.4) is 0 Å². The van der Waals surface area contributed by atoms with Crippen LogP contribution in [0, 0.1) is 13.8 Å². The van der Waals surface area contributed by atoms with Crippen LogP contribution in [0.2, 0.25) is 0 Å². The summed E-state index contributed by atoms with van der Waals surface area (Å²) in [5.74, 6) is -2.21. The van der Waals surface area contributed by atoms with Gasteiger partial charge >= 0.3 is 5.97 Å². The van der Waals surface area contributed by atoms with Crippen molar-refractivity contribution in [3.05, 3.63) is 35.0 Å². The molecule has 0 spiro atoms. The minimum Gasteiger partial charge on any atom is -0.480 e. The summed E-state index contributed by atoms with van der Waals surface area (Å²) in [5.41, 5.74) is 2.92. The minimum absolute atomic E-state index is 0.143. The third-order valence-electron chi connectivity index (χ3n) is 3.61. The number of benzene rings is 1. The number of rotatable bonds is 5. The van der Waals surface area contributed by atoms with Crippen molar-refractivity contribution >= 4 is 22.8 Å². The second-order valence-electron chi connectivity index (χ2n) is 5.14. The van der Waals surface area contributed by atoms with Crippen molar-refractivity contribution in [2.45, 2.75) is 32.7 Å². The number of hydrogen-bond donors (Lipinski definition) is 3. The fraction of sp³-hybridized carbons (Fsp3) is 0.333. The van der Waals surface area contributed by atoms with Crippen molar-refractivity contribution in [1.82, 2.24) is 10.3 Å². The predicted molar refractivity (Wildman–Crippen MR) is 77.3 cm³/mol. The van der Waals surface area contributed by atoms with Crippen LogP contribution in [-0.2, 0) is 4.79 Å². The van der Waals surface area contributed by atoms with Gasteiger partial charge < -0.3 is 15.4 Å². The van der Waals surface area contributed by atoms with E-state index < -0.39 is 30.8 Å². The van der Waals surface area contributed by atoms with Crippen LogP contribution in [0.15, 0.2) is 18.2 Å². The molecule has 1 heterocycles. The molecular weight excluding hydrogens is 294 g/mol. The van der Waals surface area contributed by atoms with Crippen molar-refractivity contribution in [3.63, 3.8) is 0 Å². The standard InChI is InChI=1S/C15H16F2N2O3/c1-7-3-4-10-9(8(7)2)5-11(18-10)14(20)19-12(15(21)22)6-13(16)17/h3-5,12-13,18H,6H2,1-2H3,(H,19,20)(H,21,22). The maximum atomic E-state index is 12.3. The van der Waals surface area contributed by atoms with E-state index in [9.17, 15) is 18.4 Å². The van der Waals surface area contributed by atoms with E-state index in [-0.39, 0.29) is 5.69 Å². The Morgan fingerprint density at radius 3 is 2.59 bits per heavy atom. The first-order valence-electron chi connectivity index (χ1n) is 6.70. The molecule has 1 amide bonds. The zero-order valence-corrected chi connectivity index (χ0v) is 12.1. The molecule has 0 aliphatic rings. The Balaban J connectivity index is 2.25. The van der Waals surface area contributed by atoms with Crippen molar-refractivity contribution in [3.8, 4) is 0 Å². The van der Waals surface area contributed by atoms with E-state index in [1.165, 1.54) is 0 Å². The molecule has 0 saturated heterocycles. The highest BCUT2D eigenvalue weighted by atomic mass is 19.3. The van der Waals surface area contributed by atoms with Crippen molar-refractivity contribution < 1.29 is 23.5 Å². The Kier molecular flexibility index (Phi) is 4.44. The summed E-state index contributed by atoms with van der Waals surface area (Å²) in [6.07, 6.45) is -3.74. The first-order valence-corrected chi connectivity index (χ1v) is 6.70. The second kappa shape index (κ2) is 6.13. The van der Waals surface area contributed by atoms with Crippen molar-refractivity contribution in [2.24, 2.45) is 0 Å². The zero-order chi connectivity index (χ0) is 16.4. The van der Waals surface area contributed by atoms with Gasteiger partial charge in [0.2, 0.25) is 6.43 Å². The second-order valence-corrected chi connectivity index (χ2v) is 5.14. The number of aliphatic carboxylic acids is 1. The summed E-state index contributed by atoms with van der Waals surface area (Å²) >= 11 is 0. The van der Waals surface area contributed by atoms with Crippen LogP contribution in [0.5, 0.6) is 0 Å². The predicted octanol–water partition coefficient (Wildman–Crippen LogP) is 2.62. The Labute approximate surface area is 125 Å². The molecule has 1 aromatic carbocycles. The van der Waals surface area contributed by atoms with Crippen LogP contribution in [0.1, 0.15) is 28.0 Å². The Morgan fingerprint density at radius 1 is 1.32 bits per heavy atom. The van der Waals surface area contributed by atoms with E-state index in [4.69, 9.17) is 5.11 Å². The molecule has 2 rings (SSSR count). The van der Waals surface area contributed by atoms with Crippen molar-refractivity contribution in [1.29, 1.82) is 0 Å². The van der Waals surface area contributed by atoms with Crippen LogP contribution in [0.25, 0.3) is 10.9 Å². The molecule has 3 N–H and O–H groups in total. The highest BCUT2D eigenvalue weighted by Gasteiger charge is 2.25. The van der Waals surface area contributed by atoms with E-state index in [2.05, 4.69) is 10.3 Å². The van der Waals surface area contributed by atoms with Gasteiger partial charge in [0.1, 0.15) is 11.7 Å². The topological polar surface area (TPSA) is 82.2 Å². The van der Waals surface area contributed by atoms with Gasteiger partial charge in [0.15, 0.2) is 0 Å². The summed E-state index contributed by atoms with van der Waals surface area (Å²) in [7, 11) is 0. The lowest BCUT2D eigenvalue weighted by Crippen LogP contribution is -2.42. The monoisotopic (exact) mass is 310 g/mol. The number of fused-ring (bicyclic) bond motifs is 1. The number of nitrogens with one attached hydrogen (secondary N) is 2. The molecule has 0 aliphatic heterocycles. The number of carbonyl (C=O) groups is 2. The molecule has 0 radical (unpaired) electrons. The Morgan fingerprint density at radius 2 is 2.00 bits per heavy atom. The van der Waals surface area contributed by atoms with E-state index >= 15 is 0 Å². The lowest BCUT2D eigenvalue weighted by Gasteiger charge is -2.13. The van der Waals surface area contributed by atoms with Crippen LogP contribution < -0.4 is 5.32 Å². The quantitative estimate of drug-likeness (QED) is 0.794. The number of carbonyl (C=O) groups excluding carboxylic acids is 1. The van der Waals surface area contributed by atoms with Gasteiger partial charge in [-0.25, -0.2) is 13.6 Å². The van der Waals surface area contributed by atoms with Gasteiger partial charge in [0.25, 0.3) is 5.91 Å². The van der Waals surface area contributed by atoms with Crippen LogP contribution >= 0.6 is 0 Å². The number of alkyl halides is 2. The molecule has 1 atom stereocenters. The number of aryl methyl sites for hydroxylation is 2. The first-order chi connectivity index (χ1) is 10.3. The molecule has 22 heavy (non-hydrogen) atoms. The average molecular weight is 310 g/mol. The van der Waals surface area contributed by atoms with Crippen molar-refractivity contribution in [2.75, 3.05) is 0 Å². The summed E-state index contributed by atoms with van der Waals surface area (Å²) < 4.78 is 24.7. The lowest BCUT2D eigenvalue weighted by atomic mass is 10.1. The fourth-order valence-electron chi connectivity index (χ4n) is 2.22. The minimum atomic E-state index is -2.81. The average Bonchev–Trinajstić information content (AvgIpc) is 2.86. The summed E-state index contributed by atoms with van der Waals surface area (Å²) in [4.78, 5) is 25.8. The highest BCUT2D eigenvalue weighted by Crippen LogP contribution is 2.22.